The van der Waals surface area contributed by atoms with Crippen LogP contribution < -0.4 is 4.90 Å². The van der Waals surface area contributed by atoms with E-state index in [4.69, 9.17) is 4.98 Å². The summed E-state index contributed by atoms with van der Waals surface area (Å²) in [6.07, 6.45) is 6.10. The number of anilines is 1. The second-order valence-corrected chi connectivity index (χ2v) is 7.14. The van der Waals surface area contributed by atoms with Crippen LogP contribution in [-0.4, -0.2) is 46.5 Å². The maximum atomic E-state index is 4.88. The Kier molecular flexibility index (Phi) is 3.48. The maximum absolute atomic E-state index is 4.88. The summed E-state index contributed by atoms with van der Waals surface area (Å²) in [6, 6.07) is 0.736. The lowest BCUT2D eigenvalue weighted by atomic mass is 10.2. The predicted molar refractivity (Wildman–Crippen MR) is 87.1 cm³/mol. The topological polar surface area (TPSA) is 23.8 Å². The molecule has 1 atom stereocenters. The highest BCUT2D eigenvalue weighted by Gasteiger charge is 2.30. The van der Waals surface area contributed by atoms with Gasteiger partial charge in [0.2, 0.25) is 0 Å². The molecule has 0 spiro atoms. The summed E-state index contributed by atoms with van der Waals surface area (Å²) >= 11 is 5.36. The number of fused-ring (bicyclic) bond motifs is 2. The van der Waals surface area contributed by atoms with E-state index in [1.165, 1.54) is 43.9 Å². The van der Waals surface area contributed by atoms with Gasteiger partial charge in [0, 0.05) is 42.6 Å². The number of nitrogens with zero attached hydrogens (tertiary/aromatic N) is 4. The molecular weight excluding hydrogens is 336 g/mol. The molecule has 2 aromatic heterocycles. The summed E-state index contributed by atoms with van der Waals surface area (Å²) in [5.74, 6) is 1.20. The molecular formula is C14H19BrN4S. The minimum atomic E-state index is 0.736. The van der Waals surface area contributed by atoms with Gasteiger partial charge in [-0.1, -0.05) is 15.9 Å². The third kappa shape index (κ3) is 2.09. The number of thiazole rings is 1. The second-order valence-electron chi connectivity index (χ2n) is 5.70. The van der Waals surface area contributed by atoms with Gasteiger partial charge in [-0.15, -0.1) is 11.3 Å². The number of halogens is 1. The zero-order chi connectivity index (χ0) is 13.5. The Hall–Kier alpha value is -0.590. The predicted octanol–water partition coefficient (Wildman–Crippen LogP) is 2.97. The molecule has 0 bridgehead atoms. The Morgan fingerprint density at radius 3 is 3.10 bits per heavy atom. The van der Waals surface area contributed by atoms with Crippen LogP contribution >= 0.6 is 27.3 Å². The highest BCUT2D eigenvalue weighted by molar-refractivity contribution is 9.08. The molecule has 0 N–H and O–H groups in total. The van der Waals surface area contributed by atoms with Crippen LogP contribution in [0.15, 0.2) is 11.6 Å². The van der Waals surface area contributed by atoms with Gasteiger partial charge in [-0.25, -0.2) is 4.98 Å². The zero-order valence-corrected chi connectivity index (χ0v) is 13.9. The van der Waals surface area contributed by atoms with Crippen molar-refractivity contribution in [3.05, 3.63) is 17.3 Å². The standard InChI is InChI=1S/C14H19BrN4S/c15-9-12-13(16-14-19(12)7-8-20-14)18-6-2-5-17-4-1-3-11(17)10-18/h7-8,11H,1-6,9-10H2. The fourth-order valence-electron chi connectivity index (χ4n) is 3.60. The fourth-order valence-corrected chi connectivity index (χ4v) is 4.85. The van der Waals surface area contributed by atoms with Crippen molar-refractivity contribution < 1.29 is 0 Å². The van der Waals surface area contributed by atoms with Crippen LogP contribution in [0.4, 0.5) is 5.82 Å². The highest BCUT2D eigenvalue weighted by atomic mass is 79.9. The number of hydrogen-bond acceptors (Lipinski definition) is 4. The molecule has 4 heterocycles. The molecule has 4 rings (SSSR count). The van der Waals surface area contributed by atoms with Gasteiger partial charge in [0.05, 0.1) is 5.69 Å². The summed E-state index contributed by atoms with van der Waals surface area (Å²) in [4.78, 5) is 11.2. The van der Waals surface area contributed by atoms with Crippen molar-refractivity contribution in [2.45, 2.75) is 30.6 Å². The van der Waals surface area contributed by atoms with Gasteiger partial charge < -0.3 is 4.90 Å². The monoisotopic (exact) mass is 354 g/mol. The Balaban J connectivity index is 1.68. The number of imidazole rings is 1. The summed E-state index contributed by atoms with van der Waals surface area (Å²) in [5, 5.41) is 2.98. The molecule has 2 aliphatic heterocycles. The minimum absolute atomic E-state index is 0.736. The Labute approximate surface area is 131 Å². The molecule has 0 amide bonds. The van der Waals surface area contributed by atoms with Gasteiger partial charge in [-0.3, -0.25) is 9.30 Å². The van der Waals surface area contributed by atoms with Crippen molar-refractivity contribution in [2.24, 2.45) is 0 Å². The van der Waals surface area contributed by atoms with Crippen molar-refractivity contribution in [3.63, 3.8) is 0 Å². The molecule has 2 aliphatic rings. The van der Waals surface area contributed by atoms with E-state index >= 15 is 0 Å². The number of rotatable bonds is 2. The lowest BCUT2D eigenvalue weighted by Gasteiger charge is -2.26. The largest absolute Gasteiger partial charge is 0.353 e. The van der Waals surface area contributed by atoms with E-state index in [9.17, 15) is 0 Å². The van der Waals surface area contributed by atoms with Crippen molar-refractivity contribution in [2.75, 3.05) is 31.1 Å². The van der Waals surface area contributed by atoms with Crippen LogP contribution in [-0.2, 0) is 5.33 Å². The first-order valence-corrected chi connectivity index (χ1v) is 9.36. The molecule has 0 saturated carbocycles. The third-order valence-corrected chi connectivity index (χ3v) is 5.86. The molecule has 20 heavy (non-hydrogen) atoms. The van der Waals surface area contributed by atoms with E-state index in [2.05, 4.69) is 41.7 Å². The zero-order valence-electron chi connectivity index (χ0n) is 11.5. The van der Waals surface area contributed by atoms with E-state index in [0.717, 1.165) is 29.4 Å². The van der Waals surface area contributed by atoms with Crippen LogP contribution in [0.25, 0.3) is 4.96 Å². The van der Waals surface area contributed by atoms with E-state index in [1.807, 2.05) is 0 Å². The van der Waals surface area contributed by atoms with Gasteiger partial charge in [-0.2, -0.15) is 0 Å². The smallest absolute Gasteiger partial charge is 0.195 e. The van der Waals surface area contributed by atoms with Gasteiger partial charge in [0.1, 0.15) is 0 Å². The molecule has 6 heteroatoms. The molecule has 0 radical (unpaired) electrons. The van der Waals surface area contributed by atoms with Crippen molar-refractivity contribution >= 4 is 38.0 Å². The number of alkyl halides is 1. The van der Waals surface area contributed by atoms with Crippen LogP contribution in [0.3, 0.4) is 0 Å². The maximum Gasteiger partial charge on any atom is 0.195 e. The molecule has 2 fully saturated rings. The first-order valence-electron chi connectivity index (χ1n) is 7.36. The average molecular weight is 355 g/mol. The summed E-state index contributed by atoms with van der Waals surface area (Å²) in [7, 11) is 0. The second kappa shape index (κ2) is 5.31. The quantitative estimate of drug-likeness (QED) is 0.774. The number of aromatic nitrogens is 2. The van der Waals surface area contributed by atoms with E-state index in [0.29, 0.717) is 0 Å². The van der Waals surface area contributed by atoms with Crippen LogP contribution in [0, 0.1) is 0 Å². The molecule has 1 unspecified atom stereocenters. The van der Waals surface area contributed by atoms with Gasteiger partial charge in [-0.05, 0) is 25.8 Å². The summed E-state index contributed by atoms with van der Waals surface area (Å²) < 4.78 is 2.23. The first-order chi connectivity index (χ1) is 9.86. The number of hydrogen-bond donors (Lipinski definition) is 0. The fraction of sp³-hybridized carbons (Fsp3) is 0.643. The lowest BCUT2D eigenvalue weighted by molar-refractivity contribution is 0.273. The average Bonchev–Trinajstić information content (AvgIpc) is 3.11. The first kappa shape index (κ1) is 13.1. The summed E-state index contributed by atoms with van der Waals surface area (Å²) in [6.45, 7) is 4.83. The molecule has 2 saturated heterocycles. The minimum Gasteiger partial charge on any atom is -0.353 e. The van der Waals surface area contributed by atoms with Crippen molar-refractivity contribution in [3.8, 4) is 0 Å². The van der Waals surface area contributed by atoms with Crippen LogP contribution in [0.2, 0.25) is 0 Å². The van der Waals surface area contributed by atoms with Gasteiger partial charge in [0.15, 0.2) is 10.8 Å². The van der Waals surface area contributed by atoms with Gasteiger partial charge in [0.25, 0.3) is 0 Å². The molecule has 0 aliphatic carbocycles. The Morgan fingerprint density at radius 1 is 1.30 bits per heavy atom. The molecule has 2 aromatic rings. The van der Waals surface area contributed by atoms with Crippen molar-refractivity contribution in [1.82, 2.24) is 14.3 Å². The Morgan fingerprint density at radius 2 is 2.20 bits per heavy atom. The van der Waals surface area contributed by atoms with Crippen molar-refractivity contribution in [1.29, 1.82) is 0 Å². The third-order valence-electron chi connectivity index (χ3n) is 4.57. The summed E-state index contributed by atoms with van der Waals surface area (Å²) in [5.41, 5.74) is 1.30. The normalized spacial score (nSPS) is 24.2. The van der Waals surface area contributed by atoms with Crippen LogP contribution in [0.5, 0.6) is 0 Å². The Bertz CT molecular complexity index is 607. The van der Waals surface area contributed by atoms with E-state index in [-0.39, 0.29) is 0 Å². The molecule has 108 valence electrons. The highest BCUT2D eigenvalue weighted by Crippen LogP contribution is 2.30. The van der Waals surface area contributed by atoms with E-state index in [1.54, 1.807) is 11.3 Å². The lowest BCUT2D eigenvalue weighted by Crippen LogP contribution is -2.37. The van der Waals surface area contributed by atoms with E-state index < -0.39 is 0 Å². The molecule has 0 aromatic carbocycles. The SMILES string of the molecule is BrCc1c(N2CCCN3CCCC3C2)nc2sccn12. The van der Waals surface area contributed by atoms with Gasteiger partial charge >= 0.3 is 0 Å². The molecule has 4 nitrogen and oxygen atoms in total. The van der Waals surface area contributed by atoms with Crippen LogP contribution in [0.1, 0.15) is 25.0 Å².